The summed E-state index contributed by atoms with van der Waals surface area (Å²) in [5.41, 5.74) is 9.76. The number of H-pyrrole nitrogens is 1. The van der Waals surface area contributed by atoms with Crippen LogP contribution in [-0.2, 0) is 12.6 Å². The molecule has 6 aromatic rings. The minimum atomic E-state index is -4.51. The van der Waals surface area contributed by atoms with Gasteiger partial charge in [-0.1, -0.05) is 24.6 Å². The number of fused-ring (bicyclic) bond motifs is 2. The predicted molar refractivity (Wildman–Crippen MR) is 150 cm³/mol. The zero-order valence-corrected chi connectivity index (χ0v) is 22.3. The van der Waals surface area contributed by atoms with Crippen LogP contribution in [0.15, 0.2) is 77.8 Å². The van der Waals surface area contributed by atoms with Crippen molar-refractivity contribution in [3.63, 3.8) is 0 Å². The number of carbonyl (C=O) groups excluding carboxylic acids is 1. The van der Waals surface area contributed by atoms with Gasteiger partial charge in [-0.05, 0) is 73.5 Å². The summed E-state index contributed by atoms with van der Waals surface area (Å²) in [6.45, 7) is 3.96. The van der Waals surface area contributed by atoms with Crippen molar-refractivity contribution in [1.29, 1.82) is 0 Å². The lowest BCUT2D eigenvalue weighted by molar-refractivity contribution is -0.137. The molecule has 0 saturated carbocycles. The Bertz CT molecular complexity index is 1900. The number of nitrogens with one attached hydrogen (secondary N) is 1. The van der Waals surface area contributed by atoms with E-state index in [1.54, 1.807) is 3.97 Å². The third-order valence-corrected chi connectivity index (χ3v) is 7.74. The zero-order chi connectivity index (χ0) is 28.2. The third-order valence-electron chi connectivity index (χ3n) is 6.68. The maximum atomic E-state index is 13.9. The number of alkyl halides is 3. The molecule has 7 nitrogen and oxygen atoms in total. The maximum absolute atomic E-state index is 13.9. The lowest BCUT2D eigenvalue weighted by Crippen LogP contribution is -2.10. The number of benzene rings is 3. The van der Waals surface area contributed by atoms with Crippen LogP contribution in [0.25, 0.3) is 27.6 Å². The molecule has 0 aliphatic rings. The summed E-state index contributed by atoms with van der Waals surface area (Å²) >= 11 is 1.25. The number of carbonyl (C=O) groups is 1. The van der Waals surface area contributed by atoms with Crippen LogP contribution in [0.2, 0.25) is 0 Å². The van der Waals surface area contributed by atoms with E-state index in [1.165, 1.54) is 35.0 Å². The second-order valence-electron chi connectivity index (χ2n) is 9.42. The van der Waals surface area contributed by atoms with Crippen LogP contribution in [0.4, 0.5) is 19.0 Å². The highest BCUT2D eigenvalue weighted by Gasteiger charge is 2.31. The number of nitrogens with zero attached hydrogens (tertiary/aromatic N) is 4. The number of imidazole rings is 1. The van der Waals surface area contributed by atoms with Gasteiger partial charge in [-0.15, -0.1) is 0 Å². The van der Waals surface area contributed by atoms with Crippen molar-refractivity contribution in [2.75, 3.05) is 5.73 Å². The van der Waals surface area contributed by atoms with Gasteiger partial charge in [0, 0.05) is 16.7 Å². The van der Waals surface area contributed by atoms with Gasteiger partial charge < -0.3 is 10.7 Å². The van der Waals surface area contributed by atoms with E-state index in [1.807, 2.05) is 56.3 Å². The maximum Gasteiger partial charge on any atom is 0.416 e. The fourth-order valence-electron chi connectivity index (χ4n) is 4.55. The molecular weight excluding hydrogens is 537 g/mol. The predicted octanol–water partition coefficient (Wildman–Crippen LogP) is 6.96. The van der Waals surface area contributed by atoms with Crippen molar-refractivity contribution in [3.05, 3.63) is 101 Å². The Labute approximate surface area is 231 Å². The average molecular weight is 561 g/mol. The van der Waals surface area contributed by atoms with Crippen LogP contribution in [0.5, 0.6) is 0 Å². The normalized spacial score (nSPS) is 12.0. The highest BCUT2D eigenvalue weighted by Crippen LogP contribution is 2.36. The van der Waals surface area contributed by atoms with E-state index in [4.69, 9.17) is 5.73 Å². The van der Waals surface area contributed by atoms with Gasteiger partial charge in [0.15, 0.2) is 0 Å². The standard InChI is InChI=1S/C29H23F3N6OS/c1-3-26-35-22-10-7-19(14-23(22)36-26)37-28(33)21(15-34-37)27(39)25-13-17-12-18(29(30,31)32)6-11-24(17)38(25)40-20-8-4-16(2)5-9-20/h4-15H,3,33H2,1-2H3,(H,35,36). The molecule has 3 aromatic heterocycles. The van der Waals surface area contributed by atoms with Gasteiger partial charge in [-0.2, -0.15) is 18.3 Å². The summed E-state index contributed by atoms with van der Waals surface area (Å²) in [6, 6.07) is 18.1. The van der Waals surface area contributed by atoms with Crippen LogP contribution in [0, 0.1) is 6.92 Å². The summed E-state index contributed by atoms with van der Waals surface area (Å²) in [4.78, 5) is 22.5. The van der Waals surface area contributed by atoms with E-state index in [2.05, 4.69) is 15.1 Å². The van der Waals surface area contributed by atoms with Gasteiger partial charge in [0.1, 0.15) is 17.3 Å². The first-order valence-corrected chi connectivity index (χ1v) is 13.2. The molecule has 202 valence electrons. The largest absolute Gasteiger partial charge is 0.416 e. The molecule has 3 heterocycles. The lowest BCUT2D eigenvalue weighted by atomic mass is 10.1. The van der Waals surface area contributed by atoms with Crippen LogP contribution in [-0.4, -0.2) is 29.5 Å². The number of ketones is 1. The number of nitrogen functional groups attached to an aromatic ring is 1. The Kier molecular flexibility index (Phi) is 6.18. The number of aromatic amines is 1. The summed E-state index contributed by atoms with van der Waals surface area (Å²) < 4.78 is 43.5. The third kappa shape index (κ3) is 4.51. The van der Waals surface area contributed by atoms with Crippen LogP contribution < -0.4 is 5.73 Å². The van der Waals surface area contributed by atoms with E-state index in [9.17, 15) is 18.0 Å². The molecule has 0 saturated heterocycles. The van der Waals surface area contributed by atoms with Gasteiger partial charge in [-0.3, -0.25) is 8.77 Å². The quantitative estimate of drug-likeness (QED) is 0.215. The second kappa shape index (κ2) is 9.60. The molecule has 0 aliphatic heterocycles. The molecule has 40 heavy (non-hydrogen) atoms. The Morgan fingerprint density at radius 2 is 1.82 bits per heavy atom. The van der Waals surface area contributed by atoms with E-state index in [0.29, 0.717) is 16.6 Å². The Hall–Kier alpha value is -4.51. The molecule has 3 aromatic carbocycles. The number of anilines is 1. The van der Waals surface area contributed by atoms with Gasteiger partial charge >= 0.3 is 6.18 Å². The van der Waals surface area contributed by atoms with E-state index < -0.39 is 17.5 Å². The average Bonchev–Trinajstić information content (AvgIpc) is 3.63. The van der Waals surface area contributed by atoms with Crippen molar-refractivity contribution in [2.24, 2.45) is 0 Å². The smallest absolute Gasteiger partial charge is 0.383 e. The summed E-state index contributed by atoms with van der Waals surface area (Å²) in [5.74, 6) is 0.515. The van der Waals surface area contributed by atoms with Crippen LogP contribution in [0.1, 0.15) is 39.9 Å². The highest BCUT2D eigenvalue weighted by molar-refractivity contribution is 7.98. The van der Waals surface area contributed by atoms with Gasteiger partial charge in [0.25, 0.3) is 0 Å². The molecule has 0 amide bonds. The van der Waals surface area contributed by atoms with E-state index in [0.717, 1.165) is 45.9 Å². The summed E-state index contributed by atoms with van der Waals surface area (Å²) in [6.07, 6.45) is -2.37. The molecule has 0 fully saturated rings. The van der Waals surface area contributed by atoms with E-state index >= 15 is 0 Å². The Morgan fingerprint density at radius 3 is 2.55 bits per heavy atom. The molecule has 11 heteroatoms. The molecule has 0 atom stereocenters. The number of aryl methyl sites for hydroxylation is 2. The zero-order valence-electron chi connectivity index (χ0n) is 21.5. The molecule has 6 rings (SSSR count). The van der Waals surface area contributed by atoms with Crippen molar-refractivity contribution in [1.82, 2.24) is 23.7 Å². The Balaban J connectivity index is 1.44. The Morgan fingerprint density at radius 1 is 1.05 bits per heavy atom. The number of hydrogen-bond donors (Lipinski definition) is 2. The minimum Gasteiger partial charge on any atom is -0.383 e. The fraction of sp³-hybridized carbons (Fsp3) is 0.138. The molecular formula is C29H23F3N6OS. The summed E-state index contributed by atoms with van der Waals surface area (Å²) in [5, 5.41) is 4.65. The van der Waals surface area contributed by atoms with Crippen molar-refractivity contribution >= 4 is 45.5 Å². The van der Waals surface area contributed by atoms with Crippen LogP contribution in [0.3, 0.4) is 0 Å². The number of halogens is 3. The number of nitrogens with two attached hydrogens (primary N) is 1. The number of hydrogen-bond acceptors (Lipinski definition) is 5. The first kappa shape index (κ1) is 25.8. The lowest BCUT2D eigenvalue weighted by Gasteiger charge is -2.11. The fourth-order valence-corrected chi connectivity index (χ4v) is 5.52. The monoisotopic (exact) mass is 560 g/mol. The first-order valence-electron chi connectivity index (χ1n) is 12.5. The molecule has 0 radical (unpaired) electrons. The number of aromatic nitrogens is 5. The second-order valence-corrected chi connectivity index (χ2v) is 10.4. The molecule has 0 bridgehead atoms. The van der Waals surface area contributed by atoms with Crippen molar-refractivity contribution < 1.29 is 18.0 Å². The van der Waals surface area contributed by atoms with Gasteiger partial charge in [0.2, 0.25) is 5.78 Å². The topological polar surface area (TPSA) is 94.5 Å². The molecule has 3 N–H and O–H groups in total. The SMILES string of the molecule is CCc1nc2ccc(-n3ncc(C(=O)c4cc5cc(C(F)(F)F)ccc5n4Sc4ccc(C)cc4)c3N)cc2[nH]1. The van der Waals surface area contributed by atoms with Crippen LogP contribution >= 0.6 is 11.9 Å². The first-order chi connectivity index (χ1) is 19.1. The highest BCUT2D eigenvalue weighted by atomic mass is 32.2. The van der Waals surface area contributed by atoms with Gasteiger partial charge in [0.05, 0.1) is 39.6 Å². The summed E-state index contributed by atoms with van der Waals surface area (Å²) in [7, 11) is 0. The van der Waals surface area contributed by atoms with Crippen molar-refractivity contribution in [2.45, 2.75) is 31.3 Å². The molecule has 0 aliphatic carbocycles. The molecule has 0 spiro atoms. The van der Waals surface area contributed by atoms with Gasteiger partial charge in [-0.25, -0.2) is 9.67 Å². The molecule has 0 unspecified atom stereocenters. The minimum absolute atomic E-state index is 0.118. The van der Waals surface area contributed by atoms with E-state index in [-0.39, 0.29) is 17.1 Å². The number of rotatable bonds is 6. The van der Waals surface area contributed by atoms with Crippen molar-refractivity contribution in [3.8, 4) is 5.69 Å².